The van der Waals surface area contributed by atoms with Crippen molar-refractivity contribution in [2.75, 3.05) is 11.4 Å². The Morgan fingerprint density at radius 3 is 2.27 bits per heavy atom. The minimum Gasteiger partial charge on any atom is -0.353 e. The summed E-state index contributed by atoms with van der Waals surface area (Å²) in [6.07, 6.45) is 0. The summed E-state index contributed by atoms with van der Waals surface area (Å²) in [4.78, 5) is 2.21. The van der Waals surface area contributed by atoms with E-state index in [0.717, 1.165) is 23.5 Å². The van der Waals surface area contributed by atoms with Crippen molar-refractivity contribution in [2.45, 2.75) is 40.7 Å². The predicted molar refractivity (Wildman–Crippen MR) is 64.7 cm³/mol. The molecule has 0 radical (unpaired) electrons. The van der Waals surface area contributed by atoms with E-state index in [9.17, 15) is 0 Å². The van der Waals surface area contributed by atoms with Crippen LogP contribution in [0.4, 0.5) is 5.82 Å². The van der Waals surface area contributed by atoms with Crippen LogP contribution < -0.4 is 4.90 Å². The number of rotatable bonds is 3. The molecule has 0 saturated carbocycles. The third-order valence-corrected chi connectivity index (χ3v) is 3.04. The molecule has 0 aliphatic carbocycles. The van der Waals surface area contributed by atoms with Crippen LogP contribution in [0.15, 0.2) is 0 Å². The molecular formula is C11H18ClN3. The van der Waals surface area contributed by atoms with E-state index in [1.54, 1.807) is 0 Å². The van der Waals surface area contributed by atoms with E-state index in [0.29, 0.717) is 11.2 Å². The highest BCUT2D eigenvalue weighted by Crippen LogP contribution is 2.24. The molecule has 1 heterocycles. The first-order valence-electron chi connectivity index (χ1n) is 5.25. The van der Waals surface area contributed by atoms with Gasteiger partial charge in [-0.3, -0.25) is 0 Å². The van der Waals surface area contributed by atoms with Crippen molar-refractivity contribution >= 4 is 17.4 Å². The molecule has 0 aromatic carbocycles. The van der Waals surface area contributed by atoms with Crippen LogP contribution in [0.1, 0.15) is 31.9 Å². The molecule has 0 saturated heterocycles. The predicted octanol–water partition coefficient (Wildman–Crippen LogP) is 2.98. The van der Waals surface area contributed by atoms with Gasteiger partial charge in [-0.25, -0.2) is 0 Å². The summed E-state index contributed by atoms with van der Waals surface area (Å²) in [5.41, 5.74) is 2.13. The Balaban J connectivity index is 3.19. The van der Waals surface area contributed by atoms with Crippen molar-refractivity contribution in [1.82, 2.24) is 10.2 Å². The number of halogens is 1. The highest BCUT2D eigenvalue weighted by atomic mass is 35.5. The number of hydrogen-bond donors (Lipinski definition) is 0. The standard InChI is InChI=1S/C11H18ClN3/c1-6-15(7(2)3)11-9(5)8(4)10(12)13-14-11/h7H,6H2,1-5H3. The molecule has 0 spiro atoms. The maximum Gasteiger partial charge on any atom is 0.155 e. The summed E-state index contributed by atoms with van der Waals surface area (Å²) < 4.78 is 0. The van der Waals surface area contributed by atoms with E-state index in [1.807, 2.05) is 13.8 Å². The molecule has 84 valence electrons. The minimum absolute atomic E-state index is 0.420. The van der Waals surface area contributed by atoms with Crippen LogP contribution in [0, 0.1) is 13.8 Å². The van der Waals surface area contributed by atoms with Gasteiger partial charge in [-0.15, -0.1) is 10.2 Å². The zero-order chi connectivity index (χ0) is 11.6. The molecule has 0 aliphatic heterocycles. The Hall–Kier alpha value is -0.830. The molecular weight excluding hydrogens is 210 g/mol. The largest absolute Gasteiger partial charge is 0.353 e. The van der Waals surface area contributed by atoms with Crippen LogP contribution in [-0.4, -0.2) is 22.8 Å². The summed E-state index contributed by atoms with van der Waals surface area (Å²) >= 11 is 5.92. The van der Waals surface area contributed by atoms with Crippen molar-refractivity contribution in [3.05, 3.63) is 16.3 Å². The van der Waals surface area contributed by atoms with Gasteiger partial charge in [-0.1, -0.05) is 11.6 Å². The normalized spacial score (nSPS) is 10.9. The number of hydrogen-bond acceptors (Lipinski definition) is 3. The smallest absolute Gasteiger partial charge is 0.155 e. The fourth-order valence-corrected chi connectivity index (χ4v) is 1.78. The van der Waals surface area contributed by atoms with Crippen LogP contribution in [0.5, 0.6) is 0 Å². The lowest BCUT2D eigenvalue weighted by Gasteiger charge is -2.27. The van der Waals surface area contributed by atoms with Gasteiger partial charge in [0.25, 0.3) is 0 Å². The Morgan fingerprint density at radius 1 is 1.20 bits per heavy atom. The van der Waals surface area contributed by atoms with Gasteiger partial charge in [-0.2, -0.15) is 0 Å². The maximum atomic E-state index is 5.92. The van der Waals surface area contributed by atoms with Crippen molar-refractivity contribution in [3.8, 4) is 0 Å². The average Bonchev–Trinajstić information content (AvgIpc) is 2.18. The maximum absolute atomic E-state index is 5.92. The van der Waals surface area contributed by atoms with Gasteiger partial charge >= 0.3 is 0 Å². The van der Waals surface area contributed by atoms with Crippen molar-refractivity contribution in [1.29, 1.82) is 0 Å². The van der Waals surface area contributed by atoms with E-state index in [-0.39, 0.29) is 0 Å². The molecule has 4 heteroatoms. The monoisotopic (exact) mass is 227 g/mol. The Labute approximate surface area is 96.5 Å². The highest BCUT2D eigenvalue weighted by Gasteiger charge is 2.15. The topological polar surface area (TPSA) is 29.0 Å². The minimum atomic E-state index is 0.420. The average molecular weight is 228 g/mol. The lowest BCUT2D eigenvalue weighted by Crippen LogP contribution is -2.32. The molecule has 0 amide bonds. The fraction of sp³-hybridized carbons (Fsp3) is 0.636. The van der Waals surface area contributed by atoms with Crippen LogP contribution in [0.3, 0.4) is 0 Å². The lowest BCUT2D eigenvalue weighted by atomic mass is 10.1. The van der Waals surface area contributed by atoms with Crippen molar-refractivity contribution < 1.29 is 0 Å². The molecule has 0 unspecified atom stereocenters. The first-order valence-corrected chi connectivity index (χ1v) is 5.62. The molecule has 0 fully saturated rings. The van der Waals surface area contributed by atoms with E-state index < -0.39 is 0 Å². The summed E-state index contributed by atoms with van der Waals surface area (Å²) in [7, 11) is 0. The first-order chi connectivity index (χ1) is 6.99. The molecule has 1 aromatic rings. The van der Waals surface area contributed by atoms with Crippen LogP contribution in [0.2, 0.25) is 5.15 Å². The first kappa shape index (κ1) is 12.2. The summed E-state index contributed by atoms with van der Waals surface area (Å²) in [6.45, 7) is 11.3. The highest BCUT2D eigenvalue weighted by molar-refractivity contribution is 6.30. The Bertz CT molecular complexity index is 350. The summed E-state index contributed by atoms with van der Waals surface area (Å²) in [5.74, 6) is 0.939. The zero-order valence-electron chi connectivity index (χ0n) is 10.0. The molecule has 0 aliphatic rings. The molecule has 1 rings (SSSR count). The SMILES string of the molecule is CCN(c1nnc(Cl)c(C)c1C)C(C)C. The second-order valence-electron chi connectivity index (χ2n) is 3.94. The van der Waals surface area contributed by atoms with Crippen molar-refractivity contribution in [3.63, 3.8) is 0 Å². The molecule has 0 bridgehead atoms. The van der Waals surface area contributed by atoms with Gasteiger partial charge in [0.05, 0.1) is 0 Å². The van der Waals surface area contributed by atoms with Gasteiger partial charge in [0.2, 0.25) is 0 Å². The van der Waals surface area contributed by atoms with E-state index in [2.05, 4.69) is 35.9 Å². The van der Waals surface area contributed by atoms with Gasteiger partial charge in [0.15, 0.2) is 11.0 Å². The fourth-order valence-electron chi connectivity index (χ4n) is 1.60. The van der Waals surface area contributed by atoms with Gasteiger partial charge in [0.1, 0.15) is 0 Å². The van der Waals surface area contributed by atoms with Crippen LogP contribution in [-0.2, 0) is 0 Å². The number of nitrogens with zero attached hydrogens (tertiary/aromatic N) is 3. The van der Waals surface area contributed by atoms with E-state index in [4.69, 9.17) is 11.6 Å². The Kier molecular flexibility index (Phi) is 3.91. The third-order valence-electron chi connectivity index (χ3n) is 2.68. The molecule has 15 heavy (non-hydrogen) atoms. The van der Waals surface area contributed by atoms with Gasteiger partial charge < -0.3 is 4.90 Å². The van der Waals surface area contributed by atoms with E-state index >= 15 is 0 Å². The van der Waals surface area contributed by atoms with Crippen LogP contribution >= 0.6 is 11.6 Å². The lowest BCUT2D eigenvalue weighted by molar-refractivity contribution is 0.682. The number of anilines is 1. The van der Waals surface area contributed by atoms with Gasteiger partial charge in [-0.05, 0) is 45.7 Å². The Morgan fingerprint density at radius 2 is 1.80 bits per heavy atom. The molecule has 0 N–H and O–H groups in total. The second-order valence-corrected chi connectivity index (χ2v) is 4.30. The van der Waals surface area contributed by atoms with E-state index in [1.165, 1.54) is 0 Å². The van der Waals surface area contributed by atoms with Crippen LogP contribution in [0.25, 0.3) is 0 Å². The molecule has 1 aromatic heterocycles. The second kappa shape index (κ2) is 4.79. The molecule has 3 nitrogen and oxygen atoms in total. The number of aromatic nitrogens is 2. The molecule has 0 atom stereocenters. The zero-order valence-corrected chi connectivity index (χ0v) is 10.8. The summed E-state index contributed by atoms with van der Waals surface area (Å²) in [6, 6.07) is 0.420. The quantitative estimate of drug-likeness (QED) is 0.795. The third kappa shape index (κ3) is 2.40. The van der Waals surface area contributed by atoms with Crippen molar-refractivity contribution in [2.24, 2.45) is 0 Å². The van der Waals surface area contributed by atoms with Gasteiger partial charge in [0, 0.05) is 12.6 Å². The summed E-state index contributed by atoms with van der Waals surface area (Å²) in [5, 5.41) is 8.64.